The molecule has 0 bridgehead atoms. The number of allylic oxidation sites excluding steroid dienone is 2. The van der Waals surface area contributed by atoms with E-state index in [2.05, 4.69) is 73.9 Å². The molecule has 0 N–H and O–H groups in total. The van der Waals surface area contributed by atoms with Crippen molar-refractivity contribution >= 4 is 0 Å². The summed E-state index contributed by atoms with van der Waals surface area (Å²) in [5.74, 6) is 0. The molecule has 0 aliphatic carbocycles. The van der Waals surface area contributed by atoms with Crippen LogP contribution in [0, 0.1) is 33.5 Å². The molecule has 2 aromatic rings. The lowest BCUT2D eigenvalue weighted by Gasteiger charge is -2.43. The predicted molar refractivity (Wildman–Crippen MR) is 163 cm³/mol. The number of benzene rings is 2. The Morgan fingerprint density at radius 3 is 1.33 bits per heavy atom. The van der Waals surface area contributed by atoms with Gasteiger partial charge in [0.05, 0.1) is 23.5 Å². The second-order valence-corrected chi connectivity index (χ2v) is 14.5. The van der Waals surface area contributed by atoms with Crippen LogP contribution in [0.2, 0.25) is 0 Å². The van der Waals surface area contributed by atoms with Crippen LogP contribution in [0.15, 0.2) is 84.2 Å². The van der Waals surface area contributed by atoms with Crippen LogP contribution in [0.1, 0.15) is 79.4 Å². The monoisotopic (exact) mass is 578 g/mol. The molecule has 224 valence electrons. The fourth-order valence-electron chi connectivity index (χ4n) is 8.35. The van der Waals surface area contributed by atoms with Crippen LogP contribution < -0.4 is 0 Å². The van der Waals surface area contributed by atoms with Crippen molar-refractivity contribution in [1.82, 2.24) is 9.80 Å². The van der Waals surface area contributed by atoms with Crippen molar-refractivity contribution in [1.29, 1.82) is 10.5 Å². The van der Waals surface area contributed by atoms with Gasteiger partial charge in [-0.1, -0.05) is 88.4 Å². The van der Waals surface area contributed by atoms with Crippen LogP contribution in [-0.4, -0.2) is 33.5 Å². The summed E-state index contributed by atoms with van der Waals surface area (Å²) in [5.41, 5.74) is -0.238. The Balaban J connectivity index is 1.51. The summed E-state index contributed by atoms with van der Waals surface area (Å²) in [4.78, 5) is 4.44. The summed E-state index contributed by atoms with van der Waals surface area (Å²) in [5, 5.41) is 19.8. The number of ether oxygens (including phenoxy) is 3. The molecule has 4 aliphatic rings. The van der Waals surface area contributed by atoms with E-state index in [4.69, 9.17) is 14.2 Å². The summed E-state index contributed by atoms with van der Waals surface area (Å²) in [6, 6.07) is 25.1. The standard InChI is InChI=1S/C36H42N4O3/c1-31(2)23-29(39-27(19-21-37)33(5,6)42-35(31,39)25-15-11-9-12-16-25)41-30-24-32(3,4)36(26-17-13-10-14-18-26)40(30)28(20-22-38)34(7,8)43-36/h9-20,29-30H,23-24H2,1-8H3/b27-19-,28-20-. The van der Waals surface area contributed by atoms with Gasteiger partial charge >= 0.3 is 0 Å². The van der Waals surface area contributed by atoms with E-state index in [-0.39, 0.29) is 10.8 Å². The van der Waals surface area contributed by atoms with E-state index in [1.54, 1.807) is 12.2 Å². The second-order valence-electron chi connectivity index (χ2n) is 14.5. The topological polar surface area (TPSA) is 81.7 Å². The third-order valence-electron chi connectivity index (χ3n) is 10.1. The molecule has 0 spiro atoms. The first kappa shape index (κ1) is 29.5. The number of nitrogens with zero attached hydrogens (tertiary/aromatic N) is 4. The van der Waals surface area contributed by atoms with Crippen LogP contribution >= 0.6 is 0 Å². The first-order valence-electron chi connectivity index (χ1n) is 15.1. The van der Waals surface area contributed by atoms with Gasteiger partial charge in [-0.3, -0.25) is 0 Å². The smallest absolute Gasteiger partial charge is 0.175 e. The molecule has 4 unspecified atom stereocenters. The first-order chi connectivity index (χ1) is 20.2. The Morgan fingerprint density at radius 2 is 1.00 bits per heavy atom. The molecule has 7 heteroatoms. The number of nitriles is 2. The van der Waals surface area contributed by atoms with E-state index in [0.29, 0.717) is 12.8 Å². The summed E-state index contributed by atoms with van der Waals surface area (Å²) >= 11 is 0. The van der Waals surface area contributed by atoms with Gasteiger partial charge in [-0.2, -0.15) is 10.5 Å². The molecule has 4 saturated heterocycles. The van der Waals surface area contributed by atoms with Crippen LogP contribution in [0.5, 0.6) is 0 Å². The fourth-order valence-corrected chi connectivity index (χ4v) is 8.35. The quantitative estimate of drug-likeness (QED) is 0.353. The summed E-state index contributed by atoms with van der Waals surface area (Å²) < 4.78 is 21.4. The van der Waals surface area contributed by atoms with E-state index < -0.39 is 35.1 Å². The third kappa shape index (κ3) is 3.88. The molecule has 2 aromatic carbocycles. The lowest BCUT2D eigenvalue weighted by Crippen LogP contribution is -2.49. The summed E-state index contributed by atoms with van der Waals surface area (Å²) in [6.07, 6.45) is 3.75. The average molecular weight is 579 g/mol. The average Bonchev–Trinajstić information content (AvgIpc) is 3.50. The lowest BCUT2D eigenvalue weighted by molar-refractivity contribution is -0.209. The van der Waals surface area contributed by atoms with Gasteiger partial charge in [-0.25, -0.2) is 0 Å². The van der Waals surface area contributed by atoms with Crippen molar-refractivity contribution in [3.63, 3.8) is 0 Å². The minimum absolute atomic E-state index is 0.377. The Kier molecular flexibility index (Phi) is 6.46. The van der Waals surface area contributed by atoms with Crippen molar-refractivity contribution in [2.75, 3.05) is 0 Å². The van der Waals surface area contributed by atoms with Crippen LogP contribution in [0.3, 0.4) is 0 Å². The van der Waals surface area contributed by atoms with Crippen LogP contribution in [-0.2, 0) is 25.7 Å². The zero-order chi connectivity index (χ0) is 31.1. The maximum absolute atomic E-state index is 9.92. The zero-order valence-electron chi connectivity index (χ0n) is 26.5. The fraction of sp³-hybridized carbons (Fsp3) is 0.500. The van der Waals surface area contributed by atoms with Crippen molar-refractivity contribution in [3.05, 3.63) is 95.3 Å². The maximum atomic E-state index is 9.92. The minimum Gasteiger partial charge on any atom is -0.339 e. The van der Waals surface area contributed by atoms with Crippen molar-refractivity contribution < 1.29 is 14.2 Å². The van der Waals surface area contributed by atoms with Gasteiger partial charge in [0, 0.05) is 47.0 Å². The van der Waals surface area contributed by atoms with Gasteiger partial charge < -0.3 is 24.0 Å². The second kappa shape index (κ2) is 9.44. The minimum atomic E-state index is -0.845. The number of hydrogen-bond donors (Lipinski definition) is 0. The summed E-state index contributed by atoms with van der Waals surface area (Å²) in [7, 11) is 0. The van der Waals surface area contributed by atoms with Gasteiger partial charge in [0.1, 0.15) is 23.7 Å². The highest BCUT2D eigenvalue weighted by Crippen LogP contribution is 2.67. The molecule has 0 amide bonds. The molecular formula is C36H42N4O3. The highest BCUT2D eigenvalue weighted by atomic mass is 16.6. The zero-order valence-corrected chi connectivity index (χ0v) is 26.5. The molecule has 4 fully saturated rings. The molecule has 0 saturated carbocycles. The predicted octanol–water partition coefficient (Wildman–Crippen LogP) is 7.26. The molecule has 7 nitrogen and oxygen atoms in total. The number of rotatable bonds is 4. The van der Waals surface area contributed by atoms with Gasteiger partial charge in [0.15, 0.2) is 11.4 Å². The summed E-state index contributed by atoms with van der Waals surface area (Å²) in [6.45, 7) is 17.0. The molecule has 0 radical (unpaired) electrons. The maximum Gasteiger partial charge on any atom is 0.175 e. The van der Waals surface area contributed by atoms with Crippen molar-refractivity contribution in [3.8, 4) is 12.1 Å². The SMILES string of the molecule is CC1(C)OC2(c3ccccc3)N(/C1=C\C#N)C(OC1CC(C)(C)C3(c4ccccc4)OC(C)(C)/C(=C/C#N)N13)CC2(C)C. The molecule has 43 heavy (non-hydrogen) atoms. The number of fused-ring (bicyclic) bond motifs is 2. The van der Waals surface area contributed by atoms with E-state index >= 15 is 0 Å². The molecule has 4 atom stereocenters. The lowest BCUT2D eigenvalue weighted by atomic mass is 9.77. The van der Waals surface area contributed by atoms with Gasteiger partial charge in [-0.15, -0.1) is 0 Å². The van der Waals surface area contributed by atoms with Crippen LogP contribution in [0.25, 0.3) is 0 Å². The Hall–Kier alpha value is -3.62. The Bertz CT molecular complexity index is 1450. The third-order valence-corrected chi connectivity index (χ3v) is 10.1. The van der Waals surface area contributed by atoms with E-state index in [9.17, 15) is 10.5 Å². The molecule has 0 aromatic heterocycles. The molecule has 4 aliphatic heterocycles. The normalized spacial score (nSPS) is 34.7. The van der Waals surface area contributed by atoms with E-state index in [1.165, 1.54) is 0 Å². The van der Waals surface area contributed by atoms with Crippen LogP contribution in [0.4, 0.5) is 0 Å². The van der Waals surface area contributed by atoms with Crippen molar-refractivity contribution in [2.45, 2.75) is 103 Å². The molecular weight excluding hydrogens is 536 g/mol. The highest BCUT2D eigenvalue weighted by Gasteiger charge is 2.72. The number of hydrogen-bond acceptors (Lipinski definition) is 7. The first-order valence-corrected chi connectivity index (χ1v) is 15.1. The largest absolute Gasteiger partial charge is 0.339 e. The van der Waals surface area contributed by atoms with Gasteiger partial charge in [-0.05, 0) is 27.7 Å². The highest BCUT2D eigenvalue weighted by molar-refractivity contribution is 5.40. The molecule has 6 rings (SSSR count). The van der Waals surface area contributed by atoms with Gasteiger partial charge in [0.2, 0.25) is 0 Å². The molecule has 4 heterocycles. The Labute approximate surface area is 255 Å². The van der Waals surface area contributed by atoms with Crippen molar-refractivity contribution in [2.24, 2.45) is 10.8 Å². The van der Waals surface area contributed by atoms with E-state index in [0.717, 1.165) is 22.5 Å². The van der Waals surface area contributed by atoms with E-state index in [1.807, 2.05) is 64.1 Å². The van der Waals surface area contributed by atoms with Gasteiger partial charge in [0.25, 0.3) is 0 Å². The Morgan fingerprint density at radius 1 is 0.651 bits per heavy atom.